The Bertz CT molecular complexity index is 294. The van der Waals surface area contributed by atoms with E-state index in [4.69, 9.17) is 4.74 Å². The van der Waals surface area contributed by atoms with E-state index in [-0.39, 0.29) is 0 Å². The van der Waals surface area contributed by atoms with Crippen molar-refractivity contribution >= 4 is 22.6 Å². The Morgan fingerprint density at radius 2 is 2.07 bits per heavy atom. The van der Waals surface area contributed by atoms with Crippen molar-refractivity contribution in [1.82, 2.24) is 0 Å². The lowest BCUT2D eigenvalue weighted by Gasteiger charge is -2.13. The average molecular weight is 304 g/mol. The molecule has 1 nitrogen and oxygen atoms in total. The smallest absolute Gasteiger partial charge is 0.122 e. The Morgan fingerprint density at radius 1 is 1.36 bits per heavy atom. The first kappa shape index (κ1) is 11.8. The minimum absolute atomic E-state index is 0.525. The molecular formula is C12H17IO. The molecule has 0 saturated heterocycles. The van der Waals surface area contributed by atoms with Crippen LogP contribution in [0.5, 0.6) is 5.75 Å². The van der Waals surface area contributed by atoms with Crippen molar-refractivity contribution in [1.29, 1.82) is 0 Å². The van der Waals surface area contributed by atoms with Crippen molar-refractivity contribution < 1.29 is 4.74 Å². The molecule has 0 atom stereocenters. The molecular weight excluding hydrogens is 287 g/mol. The maximum Gasteiger partial charge on any atom is 0.122 e. The molecule has 1 aromatic carbocycles. The molecule has 1 aromatic rings. The summed E-state index contributed by atoms with van der Waals surface area (Å²) in [6.45, 7) is 7.33. The van der Waals surface area contributed by atoms with E-state index in [9.17, 15) is 0 Å². The van der Waals surface area contributed by atoms with Gasteiger partial charge in [-0.05, 0) is 58.7 Å². The molecule has 78 valence electrons. The van der Waals surface area contributed by atoms with E-state index >= 15 is 0 Å². The van der Waals surface area contributed by atoms with Crippen LogP contribution in [-0.4, -0.2) is 6.61 Å². The molecule has 0 radical (unpaired) electrons. The molecule has 0 amide bonds. The van der Waals surface area contributed by atoms with Crippen LogP contribution in [0.25, 0.3) is 0 Å². The summed E-state index contributed by atoms with van der Waals surface area (Å²) in [7, 11) is 0. The number of benzene rings is 1. The van der Waals surface area contributed by atoms with Crippen molar-refractivity contribution in [3.63, 3.8) is 0 Å². The van der Waals surface area contributed by atoms with E-state index in [2.05, 4.69) is 61.6 Å². The first-order chi connectivity index (χ1) is 6.65. The van der Waals surface area contributed by atoms with Crippen molar-refractivity contribution in [2.75, 3.05) is 6.61 Å². The van der Waals surface area contributed by atoms with Crippen molar-refractivity contribution in [3.05, 3.63) is 27.3 Å². The van der Waals surface area contributed by atoms with Gasteiger partial charge in [-0.1, -0.05) is 20.8 Å². The minimum Gasteiger partial charge on any atom is -0.493 e. The molecule has 0 fully saturated rings. The van der Waals surface area contributed by atoms with E-state index in [1.165, 1.54) is 9.13 Å². The van der Waals surface area contributed by atoms with Gasteiger partial charge in [-0.15, -0.1) is 0 Å². The molecule has 0 N–H and O–H groups in total. The van der Waals surface area contributed by atoms with E-state index in [1.807, 2.05) is 0 Å². The number of ether oxygens (including phenoxy) is 1. The van der Waals surface area contributed by atoms with Crippen LogP contribution in [-0.2, 0) is 0 Å². The van der Waals surface area contributed by atoms with Gasteiger partial charge in [0.05, 0.1) is 6.61 Å². The standard InChI is InChI=1S/C12H17IO/c1-4-7-14-12-6-5-10(13)8-11(12)9(2)3/h5-6,8-9H,4,7H2,1-3H3. The zero-order valence-electron chi connectivity index (χ0n) is 9.01. The Labute approximate surface area is 100.0 Å². The third-order valence-corrected chi connectivity index (χ3v) is 2.73. The normalized spacial score (nSPS) is 10.6. The number of hydrogen-bond acceptors (Lipinski definition) is 1. The Kier molecular flexibility index (Phi) is 4.72. The Hall–Kier alpha value is -0.250. The average Bonchev–Trinajstić information content (AvgIpc) is 2.15. The second kappa shape index (κ2) is 5.59. The van der Waals surface area contributed by atoms with Crippen LogP contribution in [0.15, 0.2) is 18.2 Å². The van der Waals surface area contributed by atoms with Crippen LogP contribution in [0.4, 0.5) is 0 Å². The van der Waals surface area contributed by atoms with Gasteiger partial charge < -0.3 is 4.74 Å². The molecule has 0 unspecified atom stereocenters. The highest BCUT2D eigenvalue weighted by Gasteiger charge is 2.07. The zero-order chi connectivity index (χ0) is 10.6. The largest absolute Gasteiger partial charge is 0.493 e. The zero-order valence-corrected chi connectivity index (χ0v) is 11.2. The summed E-state index contributed by atoms with van der Waals surface area (Å²) in [5, 5.41) is 0. The fourth-order valence-electron chi connectivity index (χ4n) is 1.31. The van der Waals surface area contributed by atoms with Gasteiger partial charge in [-0.25, -0.2) is 0 Å². The van der Waals surface area contributed by atoms with Crippen LogP contribution in [0.3, 0.4) is 0 Å². The molecule has 0 aliphatic heterocycles. The minimum atomic E-state index is 0.525. The molecule has 0 aliphatic rings. The van der Waals surface area contributed by atoms with E-state index in [0.29, 0.717) is 5.92 Å². The Morgan fingerprint density at radius 3 is 2.64 bits per heavy atom. The lowest BCUT2D eigenvalue weighted by molar-refractivity contribution is 0.313. The molecule has 0 spiro atoms. The fourth-order valence-corrected chi connectivity index (χ4v) is 1.83. The Balaban J connectivity index is 2.90. The molecule has 14 heavy (non-hydrogen) atoms. The molecule has 0 bridgehead atoms. The van der Waals surface area contributed by atoms with Crippen molar-refractivity contribution in [2.24, 2.45) is 0 Å². The summed E-state index contributed by atoms with van der Waals surface area (Å²) in [4.78, 5) is 0. The topological polar surface area (TPSA) is 9.23 Å². The summed E-state index contributed by atoms with van der Waals surface area (Å²) in [6, 6.07) is 6.38. The monoisotopic (exact) mass is 304 g/mol. The highest BCUT2D eigenvalue weighted by Crippen LogP contribution is 2.28. The molecule has 0 aliphatic carbocycles. The molecule has 0 aromatic heterocycles. The van der Waals surface area contributed by atoms with Gasteiger partial charge in [0.15, 0.2) is 0 Å². The number of hydrogen-bond donors (Lipinski definition) is 0. The fraction of sp³-hybridized carbons (Fsp3) is 0.500. The molecule has 0 heterocycles. The summed E-state index contributed by atoms with van der Waals surface area (Å²) in [5.41, 5.74) is 1.31. The SMILES string of the molecule is CCCOc1ccc(I)cc1C(C)C. The predicted octanol–water partition coefficient (Wildman–Crippen LogP) is 4.20. The predicted molar refractivity (Wildman–Crippen MR) is 69.0 cm³/mol. The first-order valence-electron chi connectivity index (χ1n) is 5.07. The summed E-state index contributed by atoms with van der Waals surface area (Å²) in [6.07, 6.45) is 1.06. The third-order valence-electron chi connectivity index (χ3n) is 2.06. The van der Waals surface area contributed by atoms with Gasteiger partial charge in [-0.2, -0.15) is 0 Å². The van der Waals surface area contributed by atoms with E-state index in [1.54, 1.807) is 0 Å². The van der Waals surface area contributed by atoms with Crippen LogP contribution in [0.2, 0.25) is 0 Å². The first-order valence-corrected chi connectivity index (χ1v) is 6.15. The second-order valence-electron chi connectivity index (χ2n) is 3.69. The number of halogens is 1. The van der Waals surface area contributed by atoms with Crippen molar-refractivity contribution in [2.45, 2.75) is 33.1 Å². The van der Waals surface area contributed by atoms with Gasteiger partial charge in [0.25, 0.3) is 0 Å². The van der Waals surface area contributed by atoms with E-state index < -0.39 is 0 Å². The third kappa shape index (κ3) is 3.15. The summed E-state index contributed by atoms with van der Waals surface area (Å²) >= 11 is 2.34. The molecule has 2 heteroatoms. The van der Waals surface area contributed by atoms with E-state index in [0.717, 1.165) is 18.8 Å². The second-order valence-corrected chi connectivity index (χ2v) is 4.93. The van der Waals surface area contributed by atoms with Crippen molar-refractivity contribution in [3.8, 4) is 5.75 Å². The van der Waals surface area contributed by atoms with Gasteiger partial charge in [0, 0.05) is 3.57 Å². The highest BCUT2D eigenvalue weighted by atomic mass is 127. The lowest BCUT2D eigenvalue weighted by atomic mass is 10.0. The van der Waals surface area contributed by atoms with Crippen LogP contribution >= 0.6 is 22.6 Å². The number of rotatable bonds is 4. The van der Waals surface area contributed by atoms with Crippen LogP contribution in [0.1, 0.15) is 38.7 Å². The molecule has 1 rings (SSSR count). The van der Waals surface area contributed by atoms with Crippen LogP contribution < -0.4 is 4.74 Å². The maximum absolute atomic E-state index is 5.70. The quantitative estimate of drug-likeness (QED) is 0.757. The van der Waals surface area contributed by atoms with Gasteiger partial charge >= 0.3 is 0 Å². The summed E-state index contributed by atoms with van der Waals surface area (Å²) in [5.74, 6) is 1.57. The van der Waals surface area contributed by atoms with Gasteiger partial charge in [0.2, 0.25) is 0 Å². The highest BCUT2D eigenvalue weighted by molar-refractivity contribution is 14.1. The lowest BCUT2D eigenvalue weighted by Crippen LogP contribution is -2.00. The maximum atomic E-state index is 5.70. The van der Waals surface area contributed by atoms with Crippen LogP contribution in [0, 0.1) is 3.57 Å². The molecule has 0 saturated carbocycles. The summed E-state index contributed by atoms with van der Waals surface area (Å²) < 4.78 is 6.97. The van der Waals surface area contributed by atoms with Gasteiger partial charge in [0.1, 0.15) is 5.75 Å². The van der Waals surface area contributed by atoms with Gasteiger partial charge in [-0.3, -0.25) is 0 Å².